The molecule has 0 aromatic heterocycles. The number of likely N-dealkylation sites (N-methyl/N-ethyl adjacent to an activating group) is 1. The highest BCUT2D eigenvalue weighted by molar-refractivity contribution is 4.90. The molecule has 2 fully saturated rings. The van der Waals surface area contributed by atoms with Gasteiger partial charge in [0.25, 0.3) is 0 Å². The molecule has 2 aliphatic rings. The third-order valence-corrected chi connectivity index (χ3v) is 3.78. The van der Waals surface area contributed by atoms with Crippen LogP contribution >= 0.6 is 0 Å². The van der Waals surface area contributed by atoms with Crippen molar-refractivity contribution >= 4 is 0 Å². The molecule has 2 rings (SSSR count). The van der Waals surface area contributed by atoms with Gasteiger partial charge in [-0.05, 0) is 39.8 Å². The van der Waals surface area contributed by atoms with Crippen molar-refractivity contribution in [3.05, 3.63) is 0 Å². The summed E-state index contributed by atoms with van der Waals surface area (Å²) in [6, 6.07) is 0. The van der Waals surface area contributed by atoms with Gasteiger partial charge in [-0.15, -0.1) is 0 Å². The maximum Gasteiger partial charge on any atom is 0.0128 e. The van der Waals surface area contributed by atoms with Crippen molar-refractivity contribution in [1.82, 2.24) is 15.1 Å². The zero-order chi connectivity index (χ0) is 10.9. The highest BCUT2D eigenvalue weighted by Gasteiger charge is 2.31. The third-order valence-electron chi connectivity index (χ3n) is 3.78. The number of nitrogens with one attached hydrogen (secondary N) is 1. The van der Waals surface area contributed by atoms with Gasteiger partial charge in [-0.1, -0.05) is 0 Å². The predicted molar refractivity (Wildman–Crippen MR) is 64.1 cm³/mol. The summed E-state index contributed by atoms with van der Waals surface area (Å²) >= 11 is 0. The van der Waals surface area contributed by atoms with Gasteiger partial charge in [-0.2, -0.15) is 0 Å². The Labute approximate surface area is 93.8 Å². The van der Waals surface area contributed by atoms with Crippen molar-refractivity contribution in [2.24, 2.45) is 5.92 Å². The summed E-state index contributed by atoms with van der Waals surface area (Å²) in [5.74, 6) is 0.864. The van der Waals surface area contributed by atoms with Gasteiger partial charge in [0.1, 0.15) is 0 Å². The Morgan fingerprint density at radius 2 is 1.87 bits per heavy atom. The molecule has 1 atom stereocenters. The third kappa shape index (κ3) is 3.16. The number of nitrogens with zero attached hydrogens (tertiary/aromatic N) is 2. The fourth-order valence-corrected chi connectivity index (χ4v) is 2.81. The lowest BCUT2D eigenvalue weighted by atomic mass is 9.96. The molecule has 88 valence electrons. The van der Waals surface area contributed by atoms with Crippen LogP contribution < -0.4 is 5.32 Å². The Morgan fingerprint density at radius 3 is 2.40 bits per heavy atom. The van der Waals surface area contributed by atoms with Crippen LogP contribution in [0.5, 0.6) is 0 Å². The standard InChI is InChI=1S/C12H25N3/c1-12(2)8-11(9-13-12)10-15-6-4-14(3)5-7-15/h11,13H,4-10H2,1-3H3. The van der Waals surface area contributed by atoms with E-state index in [2.05, 4.69) is 36.0 Å². The lowest BCUT2D eigenvalue weighted by molar-refractivity contribution is 0.137. The summed E-state index contributed by atoms with van der Waals surface area (Å²) in [6.45, 7) is 12.1. The van der Waals surface area contributed by atoms with Crippen molar-refractivity contribution in [3.63, 3.8) is 0 Å². The van der Waals surface area contributed by atoms with E-state index in [-0.39, 0.29) is 0 Å². The van der Waals surface area contributed by atoms with Gasteiger partial charge in [0.05, 0.1) is 0 Å². The molecule has 0 aromatic rings. The molecule has 0 radical (unpaired) electrons. The summed E-state index contributed by atoms with van der Waals surface area (Å²) < 4.78 is 0. The number of hydrogen-bond acceptors (Lipinski definition) is 3. The highest BCUT2D eigenvalue weighted by atomic mass is 15.2. The van der Waals surface area contributed by atoms with Gasteiger partial charge in [0.2, 0.25) is 0 Å². The monoisotopic (exact) mass is 211 g/mol. The van der Waals surface area contributed by atoms with Crippen molar-refractivity contribution in [1.29, 1.82) is 0 Å². The van der Waals surface area contributed by atoms with Crippen LogP contribution in [0.15, 0.2) is 0 Å². The SMILES string of the molecule is CN1CCN(CC2CNC(C)(C)C2)CC1. The van der Waals surface area contributed by atoms with E-state index < -0.39 is 0 Å². The molecule has 0 aromatic carbocycles. The van der Waals surface area contributed by atoms with Crippen molar-refractivity contribution in [3.8, 4) is 0 Å². The van der Waals surface area contributed by atoms with Crippen LogP contribution in [0.25, 0.3) is 0 Å². The van der Waals surface area contributed by atoms with E-state index >= 15 is 0 Å². The first-order valence-electron chi connectivity index (χ1n) is 6.21. The largest absolute Gasteiger partial charge is 0.311 e. The van der Waals surface area contributed by atoms with Gasteiger partial charge in [0, 0.05) is 38.3 Å². The van der Waals surface area contributed by atoms with E-state index in [1.165, 1.54) is 45.7 Å². The fraction of sp³-hybridized carbons (Fsp3) is 1.00. The topological polar surface area (TPSA) is 18.5 Å². The fourth-order valence-electron chi connectivity index (χ4n) is 2.81. The molecule has 2 aliphatic heterocycles. The van der Waals surface area contributed by atoms with Gasteiger partial charge in [0.15, 0.2) is 0 Å². The summed E-state index contributed by atoms with van der Waals surface area (Å²) in [5.41, 5.74) is 0.372. The number of rotatable bonds is 2. The zero-order valence-corrected chi connectivity index (χ0v) is 10.4. The van der Waals surface area contributed by atoms with Crippen LogP contribution in [0.1, 0.15) is 20.3 Å². The molecular formula is C12H25N3. The Morgan fingerprint density at radius 1 is 1.20 bits per heavy atom. The molecule has 0 spiro atoms. The van der Waals surface area contributed by atoms with Crippen molar-refractivity contribution in [2.75, 3.05) is 46.3 Å². The minimum absolute atomic E-state index is 0.372. The molecule has 15 heavy (non-hydrogen) atoms. The van der Waals surface area contributed by atoms with Crippen molar-refractivity contribution in [2.45, 2.75) is 25.8 Å². The van der Waals surface area contributed by atoms with Gasteiger partial charge in [-0.25, -0.2) is 0 Å². The Balaban J connectivity index is 1.74. The van der Waals surface area contributed by atoms with Crippen LogP contribution in [-0.4, -0.2) is 61.7 Å². The summed E-state index contributed by atoms with van der Waals surface area (Å²) in [7, 11) is 2.22. The van der Waals surface area contributed by atoms with Crippen LogP contribution in [0.3, 0.4) is 0 Å². The van der Waals surface area contributed by atoms with E-state index in [0.29, 0.717) is 5.54 Å². The molecular weight excluding hydrogens is 186 g/mol. The first-order chi connectivity index (χ1) is 7.05. The second kappa shape index (κ2) is 4.40. The quantitative estimate of drug-likeness (QED) is 0.722. The van der Waals surface area contributed by atoms with E-state index in [9.17, 15) is 0 Å². The molecule has 0 saturated carbocycles. The summed E-state index contributed by atoms with van der Waals surface area (Å²) in [5, 5.41) is 3.61. The Kier molecular flexibility index (Phi) is 3.33. The number of piperazine rings is 1. The number of hydrogen-bond donors (Lipinski definition) is 1. The first kappa shape index (κ1) is 11.4. The molecule has 0 aliphatic carbocycles. The average molecular weight is 211 g/mol. The second-order valence-electron chi connectivity index (χ2n) is 5.94. The van der Waals surface area contributed by atoms with Gasteiger partial charge < -0.3 is 15.1 Å². The normalized spacial score (nSPS) is 33.4. The lowest BCUT2D eigenvalue weighted by Gasteiger charge is -2.33. The lowest BCUT2D eigenvalue weighted by Crippen LogP contribution is -2.46. The zero-order valence-electron chi connectivity index (χ0n) is 10.4. The Hall–Kier alpha value is -0.120. The first-order valence-corrected chi connectivity index (χ1v) is 6.21. The maximum atomic E-state index is 3.61. The second-order valence-corrected chi connectivity index (χ2v) is 5.94. The average Bonchev–Trinajstić information content (AvgIpc) is 2.50. The van der Waals surface area contributed by atoms with E-state index in [1.807, 2.05) is 0 Å². The smallest absolute Gasteiger partial charge is 0.0128 e. The molecule has 3 nitrogen and oxygen atoms in total. The van der Waals surface area contributed by atoms with Gasteiger partial charge >= 0.3 is 0 Å². The van der Waals surface area contributed by atoms with E-state index in [0.717, 1.165) is 5.92 Å². The summed E-state index contributed by atoms with van der Waals surface area (Å²) in [6.07, 6.45) is 1.33. The maximum absolute atomic E-state index is 3.61. The van der Waals surface area contributed by atoms with Crippen LogP contribution in [0.2, 0.25) is 0 Å². The molecule has 2 saturated heterocycles. The van der Waals surface area contributed by atoms with E-state index in [4.69, 9.17) is 0 Å². The molecule has 2 heterocycles. The van der Waals surface area contributed by atoms with Crippen molar-refractivity contribution < 1.29 is 0 Å². The van der Waals surface area contributed by atoms with Crippen LogP contribution in [-0.2, 0) is 0 Å². The molecule has 0 amide bonds. The predicted octanol–water partition coefficient (Wildman–Crippen LogP) is 0.622. The molecule has 0 bridgehead atoms. The van der Waals surface area contributed by atoms with Gasteiger partial charge in [-0.3, -0.25) is 0 Å². The molecule has 3 heteroatoms. The Bertz CT molecular complexity index is 207. The minimum atomic E-state index is 0.372. The van der Waals surface area contributed by atoms with E-state index in [1.54, 1.807) is 0 Å². The minimum Gasteiger partial charge on any atom is -0.311 e. The molecule has 1 unspecified atom stereocenters. The van der Waals surface area contributed by atoms with Crippen LogP contribution in [0.4, 0.5) is 0 Å². The molecule has 1 N–H and O–H groups in total. The van der Waals surface area contributed by atoms with Crippen LogP contribution in [0, 0.1) is 5.92 Å². The summed E-state index contributed by atoms with van der Waals surface area (Å²) in [4.78, 5) is 5.06. The highest BCUT2D eigenvalue weighted by Crippen LogP contribution is 2.24.